The first-order valence-electron chi connectivity index (χ1n) is 4.29. The van der Waals surface area contributed by atoms with Crippen molar-refractivity contribution in [3.63, 3.8) is 0 Å². The highest BCUT2D eigenvalue weighted by Crippen LogP contribution is 2.37. The van der Waals surface area contributed by atoms with Crippen molar-refractivity contribution in [2.24, 2.45) is 0 Å². The number of aliphatic hydroxyl groups excluding tert-OH is 1. The van der Waals surface area contributed by atoms with Crippen molar-refractivity contribution in [3.05, 3.63) is 0 Å². The average Bonchev–Trinajstić information content (AvgIpc) is 2.27. The van der Waals surface area contributed by atoms with E-state index >= 15 is 0 Å². The zero-order valence-corrected chi connectivity index (χ0v) is 7.60. The molecular weight excluding hydrogens is 180 g/mol. The van der Waals surface area contributed by atoms with Gasteiger partial charge in [0.2, 0.25) is 0 Å². The molecule has 0 radical (unpaired) electrons. The molecule has 0 bridgehead atoms. The van der Waals surface area contributed by atoms with Gasteiger partial charge in [0.25, 0.3) is 5.91 Å². The molecule has 13 heavy (non-hydrogen) atoms. The molecule has 0 aromatic heterocycles. The summed E-state index contributed by atoms with van der Waals surface area (Å²) in [6.07, 6.45) is -1.32. The second-order valence-corrected chi connectivity index (χ2v) is 3.34. The van der Waals surface area contributed by atoms with Crippen molar-refractivity contribution in [2.45, 2.75) is 44.3 Å². The summed E-state index contributed by atoms with van der Waals surface area (Å²) >= 11 is 0. The lowest BCUT2D eigenvalue weighted by atomic mass is 9.87. The third-order valence-electron chi connectivity index (χ3n) is 2.79. The van der Waals surface area contributed by atoms with E-state index in [2.05, 4.69) is 5.32 Å². The van der Waals surface area contributed by atoms with Crippen LogP contribution in [0.3, 0.4) is 0 Å². The number of hydrogen-bond acceptors (Lipinski definition) is 2. The van der Waals surface area contributed by atoms with E-state index in [4.69, 9.17) is 0 Å². The van der Waals surface area contributed by atoms with Crippen LogP contribution >= 0.6 is 0 Å². The first-order valence-corrected chi connectivity index (χ1v) is 4.29. The summed E-state index contributed by atoms with van der Waals surface area (Å²) < 4.78 is 25.9. The number of alkyl halides is 2. The van der Waals surface area contributed by atoms with Crippen molar-refractivity contribution in [1.82, 2.24) is 5.32 Å². The van der Waals surface area contributed by atoms with Crippen LogP contribution in [0.25, 0.3) is 0 Å². The van der Waals surface area contributed by atoms with Gasteiger partial charge in [0.05, 0.1) is 5.54 Å². The van der Waals surface area contributed by atoms with Crippen LogP contribution in [0.15, 0.2) is 0 Å². The molecule has 1 saturated heterocycles. The third kappa shape index (κ3) is 1.22. The van der Waals surface area contributed by atoms with E-state index in [1.54, 1.807) is 13.8 Å². The van der Waals surface area contributed by atoms with Crippen LogP contribution in [-0.4, -0.2) is 28.6 Å². The summed E-state index contributed by atoms with van der Waals surface area (Å²) in [6.45, 7) is 3.32. The number of amides is 1. The number of aliphatic hydroxyl groups is 1. The van der Waals surface area contributed by atoms with Crippen LogP contribution in [0.2, 0.25) is 0 Å². The normalized spacial score (nSPS) is 30.2. The molecular formula is C8H13F2NO2. The Balaban J connectivity index is 3.01. The van der Waals surface area contributed by atoms with E-state index in [1.165, 1.54) is 0 Å². The molecule has 0 aliphatic carbocycles. The molecule has 0 spiro atoms. The highest BCUT2D eigenvalue weighted by Gasteiger charge is 2.62. The Labute approximate surface area is 75.1 Å². The smallest absolute Gasteiger partial charge is 0.351 e. The predicted octanol–water partition coefficient (Wildman–Crippen LogP) is 0.671. The zero-order chi connectivity index (χ0) is 10.3. The van der Waals surface area contributed by atoms with Gasteiger partial charge in [0.15, 0.2) is 0 Å². The maximum absolute atomic E-state index is 12.9. The van der Waals surface area contributed by atoms with Crippen LogP contribution in [0, 0.1) is 0 Å². The summed E-state index contributed by atoms with van der Waals surface area (Å²) in [5, 5.41) is 11.5. The number of halogens is 2. The molecule has 3 nitrogen and oxygen atoms in total. The Kier molecular flexibility index (Phi) is 2.32. The monoisotopic (exact) mass is 193 g/mol. The largest absolute Gasteiger partial charge is 0.384 e. The Morgan fingerprint density at radius 2 is 1.92 bits per heavy atom. The molecule has 76 valence electrons. The van der Waals surface area contributed by atoms with Crippen LogP contribution in [-0.2, 0) is 4.79 Å². The second-order valence-electron chi connectivity index (χ2n) is 3.34. The Morgan fingerprint density at radius 1 is 1.46 bits per heavy atom. The molecule has 1 atom stereocenters. The summed E-state index contributed by atoms with van der Waals surface area (Å²) in [6, 6.07) is 0. The van der Waals surface area contributed by atoms with Crippen molar-refractivity contribution >= 4 is 5.91 Å². The predicted molar refractivity (Wildman–Crippen MR) is 42.4 cm³/mol. The van der Waals surface area contributed by atoms with Crippen LogP contribution in [0.5, 0.6) is 0 Å². The molecule has 1 fully saturated rings. The van der Waals surface area contributed by atoms with E-state index in [1.807, 2.05) is 0 Å². The molecule has 1 aliphatic rings. The molecule has 2 N–H and O–H groups in total. The third-order valence-corrected chi connectivity index (χ3v) is 2.79. The van der Waals surface area contributed by atoms with Gasteiger partial charge in [-0.25, -0.2) is 0 Å². The minimum Gasteiger partial charge on any atom is -0.384 e. The van der Waals surface area contributed by atoms with Gasteiger partial charge < -0.3 is 10.4 Å². The second kappa shape index (κ2) is 2.90. The highest BCUT2D eigenvalue weighted by molar-refractivity contribution is 5.88. The Hall–Kier alpha value is -0.710. The molecule has 0 saturated carbocycles. The summed E-state index contributed by atoms with van der Waals surface area (Å²) in [7, 11) is 0. The van der Waals surface area contributed by atoms with Gasteiger partial charge in [-0.05, 0) is 12.8 Å². The van der Waals surface area contributed by atoms with Gasteiger partial charge >= 0.3 is 5.92 Å². The number of carbonyl (C=O) groups excluding carboxylic acids is 1. The van der Waals surface area contributed by atoms with Crippen LogP contribution in [0.4, 0.5) is 8.78 Å². The molecule has 5 heteroatoms. The maximum Gasteiger partial charge on any atom is 0.351 e. The lowest BCUT2D eigenvalue weighted by molar-refractivity contribution is -0.152. The van der Waals surface area contributed by atoms with Gasteiger partial charge in [-0.2, -0.15) is 8.78 Å². The first-order chi connectivity index (χ1) is 5.90. The van der Waals surface area contributed by atoms with E-state index in [0.717, 1.165) is 0 Å². The number of carbonyl (C=O) groups is 1. The fraction of sp³-hybridized carbons (Fsp3) is 0.875. The van der Waals surface area contributed by atoms with Crippen LogP contribution in [0.1, 0.15) is 26.7 Å². The zero-order valence-electron chi connectivity index (χ0n) is 7.60. The minimum absolute atomic E-state index is 0.298. The van der Waals surface area contributed by atoms with Gasteiger partial charge in [0.1, 0.15) is 6.10 Å². The van der Waals surface area contributed by atoms with Gasteiger partial charge in [-0.1, -0.05) is 13.8 Å². The molecule has 1 heterocycles. The molecule has 1 unspecified atom stereocenters. The van der Waals surface area contributed by atoms with E-state index in [9.17, 15) is 18.7 Å². The quantitative estimate of drug-likeness (QED) is 0.677. The highest BCUT2D eigenvalue weighted by atomic mass is 19.3. The first kappa shape index (κ1) is 10.4. The molecule has 1 amide bonds. The molecule has 1 rings (SSSR count). The van der Waals surface area contributed by atoms with Crippen molar-refractivity contribution in [1.29, 1.82) is 0 Å². The summed E-state index contributed by atoms with van der Waals surface area (Å²) in [5.74, 6) is -5.02. The fourth-order valence-electron chi connectivity index (χ4n) is 1.66. The van der Waals surface area contributed by atoms with Gasteiger partial charge in [-0.15, -0.1) is 0 Å². The Bertz CT molecular complexity index is 226. The van der Waals surface area contributed by atoms with Crippen LogP contribution < -0.4 is 5.32 Å². The SMILES string of the molecule is CCC1(CC)NC(=O)C(F)(F)C1O. The van der Waals surface area contributed by atoms with Gasteiger partial charge in [0, 0.05) is 0 Å². The van der Waals surface area contributed by atoms with E-state index in [0.29, 0.717) is 12.8 Å². The fourth-order valence-corrected chi connectivity index (χ4v) is 1.66. The molecule has 0 aromatic carbocycles. The Morgan fingerprint density at radius 3 is 2.08 bits per heavy atom. The molecule has 1 aliphatic heterocycles. The number of rotatable bonds is 2. The standard InChI is InChI=1S/C8H13F2NO2/c1-3-7(4-2)5(12)8(9,10)6(13)11-7/h5,12H,3-4H2,1-2H3,(H,11,13). The topological polar surface area (TPSA) is 49.3 Å². The number of nitrogens with one attached hydrogen (secondary N) is 1. The van der Waals surface area contributed by atoms with E-state index in [-0.39, 0.29) is 0 Å². The van der Waals surface area contributed by atoms with Crippen molar-refractivity contribution in [3.8, 4) is 0 Å². The van der Waals surface area contributed by atoms with Crippen molar-refractivity contribution < 1.29 is 18.7 Å². The summed E-state index contributed by atoms with van der Waals surface area (Å²) in [5.41, 5.74) is -1.15. The average molecular weight is 193 g/mol. The van der Waals surface area contributed by atoms with Gasteiger partial charge in [-0.3, -0.25) is 4.79 Å². The lowest BCUT2D eigenvalue weighted by Gasteiger charge is -2.29. The lowest BCUT2D eigenvalue weighted by Crippen LogP contribution is -2.49. The maximum atomic E-state index is 12.9. The number of hydrogen-bond donors (Lipinski definition) is 2. The van der Waals surface area contributed by atoms with E-state index < -0.39 is 23.5 Å². The minimum atomic E-state index is -3.65. The molecule has 0 aromatic rings. The summed E-state index contributed by atoms with van der Waals surface area (Å²) in [4.78, 5) is 10.8. The van der Waals surface area contributed by atoms with Crippen molar-refractivity contribution in [2.75, 3.05) is 0 Å².